The minimum atomic E-state index is -1.14. The fourth-order valence-electron chi connectivity index (χ4n) is 3.48. The van der Waals surface area contributed by atoms with Crippen molar-refractivity contribution < 1.29 is 4.21 Å². The van der Waals surface area contributed by atoms with Gasteiger partial charge in [0, 0.05) is 15.2 Å². The van der Waals surface area contributed by atoms with Gasteiger partial charge in [0.05, 0.1) is 10.8 Å². The van der Waals surface area contributed by atoms with Gasteiger partial charge in [-0.15, -0.1) is 0 Å². The van der Waals surface area contributed by atoms with E-state index in [1.165, 1.54) is 22.3 Å². The Morgan fingerprint density at radius 1 is 0.696 bits per heavy atom. The Balaban J connectivity index is 1.85. The van der Waals surface area contributed by atoms with Gasteiger partial charge in [0.2, 0.25) is 0 Å². The second kappa shape index (κ2) is 5.17. The first-order chi connectivity index (χ1) is 11.1. The summed E-state index contributed by atoms with van der Waals surface area (Å²) in [4.78, 5) is 1.72. The van der Waals surface area contributed by atoms with Gasteiger partial charge in [-0.2, -0.15) is 0 Å². The fourth-order valence-corrected chi connectivity index (χ4v) is 4.57. The van der Waals surface area contributed by atoms with Gasteiger partial charge >= 0.3 is 0 Å². The summed E-state index contributed by atoms with van der Waals surface area (Å²) in [7, 11) is -1.14. The predicted octanol–water partition coefficient (Wildman–Crippen LogP) is 5.16. The van der Waals surface area contributed by atoms with Crippen molar-refractivity contribution in [3.8, 4) is 11.1 Å². The maximum absolute atomic E-state index is 12.8. The van der Waals surface area contributed by atoms with Crippen molar-refractivity contribution in [1.29, 1.82) is 0 Å². The highest BCUT2D eigenvalue weighted by molar-refractivity contribution is 7.85. The van der Waals surface area contributed by atoms with Crippen LogP contribution < -0.4 is 0 Å². The monoisotopic (exact) mass is 318 g/mol. The summed E-state index contributed by atoms with van der Waals surface area (Å²) in [6.07, 6.45) is 0. The molecule has 3 aromatic carbocycles. The van der Waals surface area contributed by atoms with E-state index in [1.807, 2.05) is 36.4 Å². The summed E-state index contributed by atoms with van der Waals surface area (Å²) in [5.74, 6) is 0. The Morgan fingerprint density at radius 3 is 2.13 bits per heavy atom. The average Bonchev–Trinajstić information content (AvgIpc) is 2.83. The summed E-state index contributed by atoms with van der Waals surface area (Å²) < 4.78 is 12.8. The third-order valence-electron chi connectivity index (χ3n) is 4.73. The van der Waals surface area contributed by atoms with Gasteiger partial charge in [0.1, 0.15) is 0 Å². The van der Waals surface area contributed by atoms with Crippen LogP contribution in [-0.2, 0) is 16.2 Å². The Labute approximate surface area is 139 Å². The summed E-state index contributed by atoms with van der Waals surface area (Å²) in [5.41, 5.74) is 5.12. The van der Waals surface area contributed by atoms with Gasteiger partial charge in [-0.05, 0) is 46.5 Å². The lowest BCUT2D eigenvalue weighted by Gasteiger charge is -2.21. The van der Waals surface area contributed by atoms with Crippen LogP contribution in [0.5, 0.6) is 0 Å². The molecule has 1 aliphatic rings. The molecule has 0 fully saturated rings. The van der Waals surface area contributed by atoms with Crippen molar-refractivity contribution in [3.63, 3.8) is 0 Å². The molecule has 23 heavy (non-hydrogen) atoms. The minimum Gasteiger partial charge on any atom is -0.249 e. The van der Waals surface area contributed by atoms with Crippen LogP contribution in [0.3, 0.4) is 0 Å². The molecule has 2 heteroatoms. The highest BCUT2D eigenvalue weighted by Crippen LogP contribution is 2.48. The zero-order chi connectivity index (χ0) is 16.0. The summed E-state index contributed by atoms with van der Waals surface area (Å²) in [5, 5.41) is 0. The minimum absolute atomic E-state index is 0.0528. The van der Waals surface area contributed by atoms with Gasteiger partial charge in [-0.1, -0.05) is 62.4 Å². The van der Waals surface area contributed by atoms with Crippen LogP contribution in [0.15, 0.2) is 82.6 Å². The SMILES string of the molecule is CC1(C)c2ccccc2-c2ccc(S(=O)c3ccccc3)cc21. The molecule has 3 aromatic rings. The average molecular weight is 318 g/mol. The van der Waals surface area contributed by atoms with Gasteiger partial charge in [-0.25, -0.2) is 4.21 Å². The van der Waals surface area contributed by atoms with Gasteiger partial charge in [-0.3, -0.25) is 0 Å². The molecule has 0 aliphatic heterocycles. The number of hydrogen-bond acceptors (Lipinski definition) is 1. The van der Waals surface area contributed by atoms with E-state index in [9.17, 15) is 4.21 Å². The van der Waals surface area contributed by atoms with Crippen LogP contribution in [0.1, 0.15) is 25.0 Å². The standard InChI is InChI=1S/C21H18OS/c1-21(2)19-11-7-6-10-17(19)18-13-12-16(14-20(18)21)23(22)15-8-4-3-5-9-15/h3-14H,1-2H3. The van der Waals surface area contributed by atoms with Crippen molar-refractivity contribution in [2.75, 3.05) is 0 Å². The van der Waals surface area contributed by atoms with Gasteiger partial charge < -0.3 is 0 Å². The van der Waals surface area contributed by atoms with Crippen LogP contribution in [0, 0.1) is 0 Å². The van der Waals surface area contributed by atoms with Crippen LogP contribution in [0.2, 0.25) is 0 Å². The number of hydrogen-bond donors (Lipinski definition) is 0. The first-order valence-corrected chi connectivity index (χ1v) is 8.95. The largest absolute Gasteiger partial charge is 0.249 e. The molecule has 0 heterocycles. The fraction of sp³-hybridized carbons (Fsp3) is 0.143. The summed E-state index contributed by atoms with van der Waals surface area (Å²) in [6, 6.07) is 24.4. The van der Waals surface area contributed by atoms with Crippen LogP contribution in [-0.4, -0.2) is 4.21 Å². The molecular formula is C21H18OS. The van der Waals surface area contributed by atoms with E-state index in [4.69, 9.17) is 0 Å². The molecule has 0 saturated heterocycles. The lowest BCUT2D eigenvalue weighted by Crippen LogP contribution is -2.15. The first kappa shape index (κ1) is 14.4. The molecular weight excluding hydrogens is 300 g/mol. The maximum atomic E-state index is 12.8. The maximum Gasteiger partial charge on any atom is 0.0849 e. The molecule has 114 valence electrons. The number of benzene rings is 3. The number of rotatable bonds is 2. The van der Waals surface area contributed by atoms with Crippen molar-refractivity contribution in [3.05, 3.63) is 83.9 Å². The zero-order valence-electron chi connectivity index (χ0n) is 13.2. The number of fused-ring (bicyclic) bond motifs is 3. The molecule has 0 saturated carbocycles. The Hall–Kier alpha value is -2.19. The Kier molecular flexibility index (Phi) is 3.24. The van der Waals surface area contributed by atoms with Gasteiger partial charge in [0.25, 0.3) is 0 Å². The van der Waals surface area contributed by atoms with Crippen molar-refractivity contribution in [2.45, 2.75) is 29.1 Å². The third-order valence-corrected chi connectivity index (χ3v) is 6.11. The van der Waals surface area contributed by atoms with Crippen LogP contribution in [0.4, 0.5) is 0 Å². The van der Waals surface area contributed by atoms with Gasteiger partial charge in [0.15, 0.2) is 0 Å². The summed E-state index contributed by atoms with van der Waals surface area (Å²) >= 11 is 0. The molecule has 1 nitrogen and oxygen atoms in total. The molecule has 0 amide bonds. The van der Waals surface area contributed by atoms with E-state index in [0.29, 0.717) is 0 Å². The van der Waals surface area contributed by atoms with Crippen LogP contribution >= 0.6 is 0 Å². The second-order valence-electron chi connectivity index (χ2n) is 6.46. The predicted molar refractivity (Wildman–Crippen MR) is 95.1 cm³/mol. The van der Waals surface area contributed by atoms with E-state index >= 15 is 0 Å². The summed E-state index contributed by atoms with van der Waals surface area (Å²) in [6.45, 7) is 4.49. The molecule has 0 bridgehead atoms. The lowest BCUT2D eigenvalue weighted by atomic mass is 9.82. The molecule has 0 radical (unpaired) electrons. The highest BCUT2D eigenvalue weighted by atomic mass is 32.2. The van der Waals surface area contributed by atoms with E-state index in [-0.39, 0.29) is 5.41 Å². The third kappa shape index (κ3) is 2.17. The molecule has 0 aromatic heterocycles. The molecule has 1 unspecified atom stereocenters. The molecule has 1 aliphatic carbocycles. The lowest BCUT2D eigenvalue weighted by molar-refractivity contribution is 0.657. The van der Waals surface area contributed by atoms with E-state index < -0.39 is 10.8 Å². The molecule has 0 spiro atoms. The Bertz CT molecular complexity index is 910. The molecule has 0 N–H and O–H groups in total. The molecule has 4 rings (SSSR count). The Morgan fingerprint density at radius 2 is 1.35 bits per heavy atom. The first-order valence-electron chi connectivity index (χ1n) is 7.80. The second-order valence-corrected chi connectivity index (χ2v) is 7.94. The van der Waals surface area contributed by atoms with Crippen molar-refractivity contribution in [2.24, 2.45) is 0 Å². The zero-order valence-corrected chi connectivity index (χ0v) is 14.1. The van der Waals surface area contributed by atoms with Crippen molar-refractivity contribution in [1.82, 2.24) is 0 Å². The smallest absolute Gasteiger partial charge is 0.0849 e. The topological polar surface area (TPSA) is 17.1 Å². The quantitative estimate of drug-likeness (QED) is 0.638. The molecule has 1 atom stereocenters. The highest BCUT2D eigenvalue weighted by Gasteiger charge is 2.35. The van der Waals surface area contributed by atoms with E-state index in [0.717, 1.165) is 9.79 Å². The van der Waals surface area contributed by atoms with E-state index in [2.05, 4.69) is 50.2 Å². The van der Waals surface area contributed by atoms with E-state index in [1.54, 1.807) is 0 Å². The van der Waals surface area contributed by atoms with Crippen LogP contribution in [0.25, 0.3) is 11.1 Å². The normalized spacial score (nSPS) is 15.7. The van der Waals surface area contributed by atoms with Crippen molar-refractivity contribution >= 4 is 10.8 Å².